The van der Waals surface area contributed by atoms with Crippen LogP contribution in [-0.4, -0.2) is 22.5 Å². The molecule has 0 fully saturated rings. The molecule has 6 heteroatoms. The molecule has 112 valence electrons. The molecular formula is C15H18N2O2S2. The number of nitrogens with one attached hydrogen (secondary N) is 2. The van der Waals surface area contributed by atoms with Gasteiger partial charge in [-0.3, -0.25) is 4.79 Å². The van der Waals surface area contributed by atoms with Gasteiger partial charge in [0.2, 0.25) is 5.91 Å². The fraction of sp³-hybridized carbons (Fsp3) is 0.333. The zero-order valence-corrected chi connectivity index (χ0v) is 13.6. The molecule has 0 saturated carbocycles. The fourth-order valence-electron chi connectivity index (χ4n) is 1.98. The lowest BCUT2D eigenvalue weighted by Gasteiger charge is -2.24. The minimum atomic E-state index is -1.09. The predicted octanol–water partition coefficient (Wildman–Crippen LogP) is 2.68. The van der Waals surface area contributed by atoms with Gasteiger partial charge in [0, 0.05) is 10.6 Å². The Hall–Kier alpha value is -1.50. The van der Waals surface area contributed by atoms with E-state index in [-0.39, 0.29) is 18.9 Å². The van der Waals surface area contributed by atoms with Gasteiger partial charge in [0.05, 0.1) is 13.0 Å². The number of benzene rings is 1. The summed E-state index contributed by atoms with van der Waals surface area (Å²) in [6, 6.07) is 9.30. The topological polar surface area (TPSA) is 65.1 Å². The lowest BCUT2D eigenvalue weighted by atomic mass is 9.96. The monoisotopic (exact) mass is 322 g/mol. The van der Waals surface area contributed by atoms with Gasteiger partial charge >= 0.3 is 0 Å². The average Bonchev–Trinajstić information content (AvgIpc) is 2.76. The van der Waals surface area contributed by atoms with Crippen molar-refractivity contribution in [3.8, 4) is 0 Å². The normalized spacial score (nSPS) is 13.7. The molecule has 21 heavy (non-hydrogen) atoms. The number of aryl methyl sites for hydroxylation is 1. The molecule has 0 radical (unpaired) electrons. The van der Waals surface area contributed by atoms with E-state index in [1.54, 1.807) is 6.92 Å². The minimum Gasteiger partial charge on any atom is -0.384 e. The summed E-state index contributed by atoms with van der Waals surface area (Å²) in [7, 11) is 0. The molecule has 0 aliphatic carbocycles. The molecule has 1 aromatic carbocycles. The van der Waals surface area contributed by atoms with Crippen molar-refractivity contribution in [1.29, 1.82) is 0 Å². The molecular weight excluding hydrogens is 304 g/mol. The van der Waals surface area contributed by atoms with Crippen molar-refractivity contribution in [1.82, 2.24) is 10.3 Å². The van der Waals surface area contributed by atoms with E-state index in [1.807, 2.05) is 37.3 Å². The SMILES string of the molecule is Cc1[nH]c(=S)sc1CC(=O)NCC(C)(O)c1ccccc1. The lowest BCUT2D eigenvalue weighted by Crippen LogP contribution is -2.39. The number of carbonyl (C=O) groups excluding carboxylic acids is 1. The molecule has 0 saturated heterocycles. The van der Waals surface area contributed by atoms with Crippen LogP contribution >= 0.6 is 23.6 Å². The molecule has 0 bridgehead atoms. The second kappa shape index (κ2) is 6.51. The summed E-state index contributed by atoms with van der Waals surface area (Å²) in [5.74, 6) is -0.125. The zero-order valence-electron chi connectivity index (χ0n) is 12.0. The van der Waals surface area contributed by atoms with Crippen LogP contribution in [0.4, 0.5) is 0 Å². The van der Waals surface area contributed by atoms with Gasteiger partial charge in [-0.05, 0) is 31.6 Å². The molecule has 3 N–H and O–H groups in total. The van der Waals surface area contributed by atoms with Crippen LogP contribution < -0.4 is 5.32 Å². The highest BCUT2D eigenvalue weighted by atomic mass is 32.1. The number of H-pyrrole nitrogens is 1. The molecule has 1 amide bonds. The molecule has 1 atom stereocenters. The Morgan fingerprint density at radius 3 is 2.67 bits per heavy atom. The number of amides is 1. The highest BCUT2D eigenvalue weighted by molar-refractivity contribution is 7.73. The third kappa shape index (κ3) is 4.23. The van der Waals surface area contributed by atoms with Crippen molar-refractivity contribution < 1.29 is 9.90 Å². The van der Waals surface area contributed by atoms with Crippen LogP contribution in [0.5, 0.6) is 0 Å². The van der Waals surface area contributed by atoms with Crippen LogP contribution in [-0.2, 0) is 16.8 Å². The molecule has 0 aliphatic rings. The minimum absolute atomic E-state index is 0.125. The Morgan fingerprint density at radius 1 is 1.43 bits per heavy atom. The average molecular weight is 322 g/mol. The van der Waals surface area contributed by atoms with E-state index in [1.165, 1.54) is 11.3 Å². The molecule has 1 heterocycles. The summed E-state index contributed by atoms with van der Waals surface area (Å²) in [4.78, 5) is 15.9. The van der Waals surface area contributed by atoms with Crippen molar-refractivity contribution in [2.24, 2.45) is 0 Å². The molecule has 1 aromatic heterocycles. The smallest absolute Gasteiger partial charge is 0.225 e. The standard InChI is InChI=1S/C15H18N2O2S2/c1-10-12(21-14(20)17-10)8-13(18)16-9-15(2,19)11-6-4-3-5-7-11/h3-7,19H,8-9H2,1-2H3,(H,16,18)(H,17,20). The van der Waals surface area contributed by atoms with Crippen molar-refractivity contribution in [3.05, 3.63) is 50.4 Å². The van der Waals surface area contributed by atoms with E-state index >= 15 is 0 Å². The van der Waals surface area contributed by atoms with Gasteiger partial charge in [-0.1, -0.05) is 30.3 Å². The Kier molecular flexibility index (Phi) is 4.92. The third-order valence-corrected chi connectivity index (χ3v) is 4.61. The maximum Gasteiger partial charge on any atom is 0.225 e. The van der Waals surface area contributed by atoms with E-state index < -0.39 is 5.60 Å². The van der Waals surface area contributed by atoms with Crippen molar-refractivity contribution in [2.45, 2.75) is 25.9 Å². The van der Waals surface area contributed by atoms with Crippen LogP contribution in [0.3, 0.4) is 0 Å². The number of aliphatic hydroxyl groups is 1. The van der Waals surface area contributed by atoms with Gasteiger partial charge in [-0.2, -0.15) is 0 Å². The number of thiazole rings is 1. The Bertz CT molecular complexity index is 674. The van der Waals surface area contributed by atoms with Gasteiger partial charge in [0.25, 0.3) is 0 Å². The van der Waals surface area contributed by atoms with E-state index in [0.29, 0.717) is 3.95 Å². The largest absolute Gasteiger partial charge is 0.384 e. The second-order valence-electron chi connectivity index (χ2n) is 5.16. The Labute approximate surface area is 132 Å². The molecule has 4 nitrogen and oxygen atoms in total. The number of aromatic amines is 1. The predicted molar refractivity (Wildman–Crippen MR) is 87.0 cm³/mol. The van der Waals surface area contributed by atoms with Crippen LogP contribution in [0.1, 0.15) is 23.1 Å². The first-order valence-corrected chi connectivity index (χ1v) is 7.84. The van der Waals surface area contributed by atoms with Crippen LogP contribution in [0, 0.1) is 10.9 Å². The van der Waals surface area contributed by atoms with E-state index in [4.69, 9.17) is 12.2 Å². The third-order valence-electron chi connectivity index (χ3n) is 3.27. The summed E-state index contributed by atoms with van der Waals surface area (Å²) in [6.07, 6.45) is 0.272. The van der Waals surface area contributed by atoms with Gasteiger partial charge < -0.3 is 15.4 Å². The van der Waals surface area contributed by atoms with Gasteiger partial charge in [-0.15, -0.1) is 11.3 Å². The molecule has 2 rings (SSSR count). The number of carbonyl (C=O) groups is 1. The van der Waals surface area contributed by atoms with E-state index in [9.17, 15) is 9.90 Å². The first kappa shape index (κ1) is 15.9. The van der Waals surface area contributed by atoms with Crippen LogP contribution in [0.25, 0.3) is 0 Å². The number of hydrogen-bond acceptors (Lipinski definition) is 4. The second-order valence-corrected chi connectivity index (χ2v) is 6.93. The molecule has 2 aromatic rings. The van der Waals surface area contributed by atoms with Crippen molar-refractivity contribution in [3.63, 3.8) is 0 Å². The van der Waals surface area contributed by atoms with Gasteiger partial charge in [0.1, 0.15) is 5.60 Å². The van der Waals surface area contributed by atoms with E-state index in [2.05, 4.69) is 10.3 Å². The number of rotatable bonds is 5. The summed E-state index contributed by atoms with van der Waals surface area (Å²) >= 11 is 6.46. The van der Waals surface area contributed by atoms with Crippen molar-refractivity contribution in [2.75, 3.05) is 6.54 Å². The highest BCUT2D eigenvalue weighted by Gasteiger charge is 2.23. The summed E-state index contributed by atoms with van der Waals surface area (Å²) < 4.78 is 0.673. The molecule has 0 spiro atoms. The zero-order chi connectivity index (χ0) is 15.5. The summed E-state index contributed by atoms with van der Waals surface area (Å²) in [6.45, 7) is 3.76. The van der Waals surface area contributed by atoms with Gasteiger partial charge in [-0.25, -0.2) is 0 Å². The fourth-order valence-corrected chi connectivity index (χ4v) is 3.27. The first-order chi connectivity index (χ1) is 9.88. The molecule has 0 aliphatic heterocycles. The maximum absolute atomic E-state index is 12.0. The van der Waals surface area contributed by atoms with Crippen molar-refractivity contribution >= 4 is 29.5 Å². The Balaban J connectivity index is 1.95. The van der Waals surface area contributed by atoms with Crippen LogP contribution in [0.2, 0.25) is 0 Å². The van der Waals surface area contributed by atoms with E-state index in [0.717, 1.165) is 16.1 Å². The maximum atomic E-state index is 12.0. The number of hydrogen-bond donors (Lipinski definition) is 3. The highest BCUT2D eigenvalue weighted by Crippen LogP contribution is 2.19. The number of aromatic nitrogens is 1. The summed E-state index contributed by atoms with van der Waals surface area (Å²) in [5.41, 5.74) is 0.616. The quantitative estimate of drug-likeness (QED) is 0.742. The van der Waals surface area contributed by atoms with Crippen LogP contribution in [0.15, 0.2) is 30.3 Å². The summed E-state index contributed by atoms with van der Waals surface area (Å²) in [5, 5.41) is 13.2. The lowest BCUT2D eigenvalue weighted by molar-refractivity contribution is -0.121. The Morgan fingerprint density at radius 2 is 2.10 bits per heavy atom. The van der Waals surface area contributed by atoms with Gasteiger partial charge in [0.15, 0.2) is 3.95 Å². The first-order valence-electron chi connectivity index (χ1n) is 6.62. The molecule has 1 unspecified atom stereocenters.